The van der Waals surface area contributed by atoms with Gasteiger partial charge in [0.25, 0.3) is 5.91 Å². The Balaban J connectivity index is 1.82. The van der Waals surface area contributed by atoms with Crippen LogP contribution in [0.3, 0.4) is 0 Å². The maximum atomic E-state index is 11.9. The highest BCUT2D eigenvalue weighted by Gasteiger charge is 2.07. The molecular formula is C18H18N2O3S. The van der Waals surface area contributed by atoms with E-state index in [2.05, 4.69) is 10.6 Å². The predicted octanol–water partition coefficient (Wildman–Crippen LogP) is 3.09. The number of anilines is 1. The fraction of sp³-hybridized carbons (Fsp3) is 0.167. The third-order valence-corrected chi connectivity index (χ3v) is 3.46. The number of carbonyl (C=O) groups is 2. The first-order valence-electron chi connectivity index (χ1n) is 7.36. The molecule has 0 saturated heterocycles. The van der Waals surface area contributed by atoms with Crippen molar-refractivity contribution < 1.29 is 14.3 Å². The quantitative estimate of drug-likeness (QED) is 0.646. The molecule has 0 aliphatic carbocycles. The number of rotatable bonds is 5. The van der Waals surface area contributed by atoms with Crippen molar-refractivity contribution in [1.29, 1.82) is 0 Å². The number of thiocarbonyl (C=S) groups is 1. The van der Waals surface area contributed by atoms with Crippen LogP contribution in [0.2, 0.25) is 0 Å². The Kier molecular flexibility index (Phi) is 6.03. The van der Waals surface area contributed by atoms with Gasteiger partial charge in [-0.15, -0.1) is 0 Å². The number of aryl methyl sites for hydroxylation is 1. The van der Waals surface area contributed by atoms with Crippen LogP contribution in [0.15, 0.2) is 48.5 Å². The lowest BCUT2D eigenvalue weighted by Crippen LogP contribution is -2.37. The summed E-state index contributed by atoms with van der Waals surface area (Å²) in [6, 6.07) is 14.3. The summed E-state index contributed by atoms with van der Waals surface area (Å²) in [4.78, 5) is 23.1. The molecule has 0 unspecified atom stereocenters. The zero-order valence-electron chi connectivity index (χ0n) is 13.5. The second-order valence-corrected chi connectivity index (χ2v) is 5.60. The number of hydrogen-bond acceptors (Lipinski definition) is 4. The van der Waals surface area contributed by atoms with Gasteiger partial charge in [0.05, 0.1) is 0 Å². The molecule has 0 heterocycles. The molecule has 0 aromatic heterocycles. The maximum absolute atomic E-state index is 11.9. The van der Waals surface area contributed by atoms with E-state index in [0.29, 0.717) is 17.0 Å². The molecule has 2 aromatic rings. The molecule has 0 saturated carbocycles. The van der Waals surface area contributed by atoms with Crippen LogP contribution >= 0.6 is 12.2 Å². The van der Waals surface area contributed by atoms with E-state index < -0.39 is 0 Å². The van der Waals surface area contributed by atoms with E-state index in [4.69, 9.17) is 17.0 Å². The zero-order chi connectivity index (χ0) is 17.5. The minimum Gasteiger partial charge on any atom is -0.483 e. The topological polar surface area (TPSA) is 67.4 Å². The summed E-state index contributed by atoms with van der Waals surface area (Å²) in [6.07, 6.45) is 0. The Labute approximate surface area is 146 Å². The van der Waals surface area contributed by atoms with Gasteiger partial charge < -0.3 is 10.1 Å². The molecule has 2 N–H and O–H groups in total. The SMILES string of the molecule is CC(=O)c1ccc(NC(=S)NC(=O)COc2ccccc2C)cc1. The van der Waals surface area contributed by atoms with E-state index in [1.54, 1.807) is 30.3 Å². The largest absolute Gasteiger partial charge is 0.483 e. The third-order valence-electron chi connectivity index (χ3n) is 3.25. The standard InChI is InChI=1S/C18H18N2O3S/c1-12-5-3-4-6-16(12)23-11-17(22)20-18(24)19-15-9-7-14(8-10-15)13(2)21/h3-10H,11H2,1-2H3,(H2,19,20,22,24). The lowest BCUT2D eigenvalue weighted by atomic mass is 10.1. The van der Waals surface area contributed by atoms with Gasteiger partial charge in [0, 0.05) is 11.3 Å². The van der Waals surface area contributed by atoms with Crippen LogP contribution in [0.5, 0.6) is 5.75 Å². The highest BCUT2D eigenvalue weighted by Crippen LogP contribution is 2.15. The highest BCUT2D eigenvalue weighted by atomic mass is 32.1. The molecule has 0 fully saturated rings. The summed E-state index contributed by atoms with van der Waals surface area (Å²) in [7, 11) is 0. The van der Waals surface area contributed by atoms with E-state index in [9.17, 15) is 9.59 Å². The Morgan fingerprint density at radius 1 is 1.08 bits per heavy atom. The smallest absolute Gasteiger partial charge is 0.264 e. The van der Waals surface area contributed by atoms with Crippen molar-refractivity contribution >= 4 is 34.7 Å². The van der Waals surface area contributed by atoms with Crippen LogP contribution in [0, 0.1) is 6.92 Å². The maximum Gasteiger partial charge on any atom is 0.264 e. The van der Waals surface area contributed by atoms with Gasteiger partial charge in [-0.2, -0.15) is 0 Å². The molecule has 5 nitrogen and oxygen atoms in total. The molecular weight excluding hydrogens is 324 g/mol. The number of ketones is 1. The normalized spacial score (nSPS) is 9.92. The van der Waals surface area contributed by atoms with Gasteiger partial charge in [0.1, 0.15) is 5.75 Å². The van der Waals surface area contributed by atoms with Crippen molar-refractivity contribution in [3.63, 3.8) is 0 Å². The van der Waals surface area contributed by atoms with E-state index in [-0.39, 0.29) is 23.4 Å². The average Bonchev–Trinajstić information content (AvgIpc) is 2.54. The van der Waals surface area contributed by atoms with Crippen molar-refractivity contribution in [2.75, 3.05) is 11.9 Å². The molecule has 1 amide bonds. The number of carbonyl (C=O) groups excluding carboxylic acids is 2. The van der Waals surface area contributed by atoms with Crippen molar-refractivity contribution in [2.45, 2.75) is 13.8 Å². The lowest BCUT2D eigenvalue weighted by Gasteiger charge is -2.11. The Morgan fingerprint density at radius 2 is 1.75 bits per heavy atom. The third kappa shape index (κ3) is 5.17. The summed E-state index contributed by atoms with van der Waals surface area (Å²) >= 11 is 5.09. The molecule has 2 rings (SSSR count). The molecule has 124 valence electrons. The summed E-state index contributed by atoms with van der Waals surface area (Å²) < 4.78 is 5.45. The van der Waals surface area contributed by atoms with Crippen molar-refractivity contribution in [1.82, 2.24) is 5.32 Å². The number of ether oxygens (including phenoxy) is 1. The summed E-state index contributed by atoms with van der Waals surface area (Å²) in [5.74, 6) is 0.299. The van der Waals surface area contributed by atoms with E-state index in [0.717, 1.165) is 5.56 Å². The van der Waals surface area contributed by atoms with Crippen LogP contribution in [-0.4, -0.2) is 23.4 Å². The van der Waals surface area contributed by atoms with Crippen molar-refractivity contribution in [3.8, 4) is 5.75 Å². The number of para-hydroxylation sites is 1. The van der Waals surface area contributed by atoms with Crippen LogP contribution in [0.4, 0.5) is 5.69 Å². The Hall–Kier alpha value is -2.73. The fourth-order valence-corrected chi connectivity index (χ4v) is 2.21. The first kappa shape index (κ1) is 17.6. The van der Waals surface area contributed by atoms with Crippen LogP contribution < -0.4 is 15.4 Å². The second-order valence-electron chi connectivity index (χ2n) is 5.19. The minimum atomic E-state index is -0.351. The van der Waals surface area contributed by atoms with Gasteiger partial charge >= 0.3 is 0 Å². The highest BCUT2D eigenvalue weighted by molar-refractivity contribution is 7.80. The van der Waals surface area contributed by atoms with Gasteiger partial charge in [0.2, 0.25) is 0 Å². The second kappa shape index (κ2) is 8.21. The number of Topliss-reactive ketones (excluding diaryl/α,β-unsaturated/α-hetero) is 1. The molecule has 0 radical (unpaired) electrons. The van der Waals surface area contributed by atoms with Crippen molar-refractivity contribution in [2.24, 2.45) is 0 Å². The monoisotopic (exact) mass is 342 g/mol. The number of amides is 1. The van der Waals surface area contributed by atoms with Gasteiger partial charge in [-0.05, 0) is 62.0 Å². The van der Waals surface area contributed by atoms with E-state index >= 15 is 0 Å². The van der Waals surface area contributed by atoms with Crippen molar-refractivity contribution in [3.05, 3.63) is 59.7 Å². The molecule has 0 bridgehead atoms. The van der Waals surface area contributed by atoms with Crippen LogP contribution in [-0.2, 0) is 4.79 Å². The fourth-order valence-electron chi connectivity index (χ4n) is 1.97. The molecule has 0 atom stereocenters. The molecule has 24 heavy (non-hydrogen) atoms. The Morgan fingerprint density at radius 3 is 2.38 bits per heavy atom. The predicted molar refractivity (Wildman–Crippen MR) is 97.5 cm³/mol. The van der Waals surface area contributed by atoms with Gasteiger partial charge in [-0.3, -0.25) is 14.9 Å². The summed E-state index contributed by atoms with van der Waals surface area (Å²) in [5, 5.41) is 5.60. The van der Waals surface area contributed by atoms with Crippen LogP contribution in [0.1, 0.15) is 22.8 Å². The first-order chi connectivity index (χ1) is 11.5. The molecule has 6 heteroatoms. The van der Waals surface area contributed by atoms with Crippen LogP contribution in [0.25, 0.3) is 0 Å². The van der Waals surface area contributed by atoms with E-state index in [1.165, 1.54) is 6.92 Å². The molecule has 0 aliphatic heterocycles. The van der Waals surface area contributed by atoms with Gasteiger partial charge in [0.15, 0.2) is 17.5 Å². The molecule has 0 spiro atoms. The minimum absolute atomic E-state index is 0.00853. The summed E-state index contributed by atoms with van der Waals surface area (Å²) in [5.41, 5.74) is 2.25. The van der Waals surface area contributed by atoms with Gasteiger partial charge in [-0.1, -0.05) is 18.2 Å². The summed E-state index contributed by atoms with van der Waals surface area (Å²) in [6.45, 7) is 3.28. The number of benzene rings is 2. The zero-order valence-corrected chi connectivity index (χ0v) is 14.3. The Bertz CT molecular complexity index is 757. The number of nitrogens with one attached hydrogen (secondary N) is 2. The first-order valence-corrected chi connectivity index (χ1v) is 7.77. The molecule has 2 aromatic carbocycles. The average molecular weight is 342 g/mol. The lowest BCUT2D eigenvalue weighted by molar-refractivity contribution is -0.121. The van der Waals surface area contributed by atoms with E-state index in [1.807, 2.05) is 25.1 Å². The van der Waals surface area contributed by atoms with Gasteiger partial charge in [-0.25, -0.2) is 0 Å². The number of hydrogen-bond donors (Lipinski definition) is 2. The molecule has 0 aliphatic rings.